The van der Waals surface area contributed by atoms with Crippen molar-refractivity contribution in [1.29, 1.82) is 0 Å². The molecule has 0 aliphatic rings. The quantitative estimate of drug-likeness (QED) is 0.787. The number of halogens is 2. The second kappa shape index (κ2) is 5.61. The molecule has 2 rings (SSSR count). The number of benzene rings is 2. The predicted octanol–water partition coefficient (Wildman–Crippen LogP) is 3.59. The summed E-state index contributed by atoms with van der Waals surface area (Å²) in [6.45, 7) is 2.28. The molecule has 0 N–H and O–H groups in total. The lowest BCUT2D eigenvalue weighted by Gasteiger charge is -2.06. The van der Waals surface area contributed by atoms with Gasteiger partial charge in [0.1, 0.15) is 17.4 Å². The van der Waals surface area contributed by atoms with E-state index in [1.165, 1.54) is 12.1 Å². The molecule has 0 fully saturated rings. The van der Waals surface area contributed by atoms with Crippen LogP contribution in [0, 0.1) is 11.6 Å². The van der Waals surface area contributed by atoms with Crippen molar-refractivity contribution in [2.24, 2.45) is 0 Å². The first-order valence-electron chi connectivity index (χ1n) is 5.84. The molecule has 0 bridgehead atoms. The van der Waals surface area contributed by atoms with Crippen molar-refractivity contribution < 1.29 is 18.3 Å². The zero-order valence-electron chi connectivity index (χ0n) is 10.3. The fourth-order valence-corrected chi connectivity index (χ4v) is 1.72. The van der Waals surface area contributed by atoms with E-state index in [1.807, 2.05) is 6.92 Å². The van der Waals surface area contributed by atoms with Gasteiger partial charge in [0.05, 0.1) is 12.2 Å². The van der Waals surface area contributed by atoms with E-state index in [1.54, 1.807) is 12.1 Å². The Bertz CT molecular complexity index is 609. The van der Waals surface area contributed by atoms with Crippen molar-refractivity contribution in [2.75, 3.05) is 6.61 Å². The number of carbonyl (C=O) groups is 1. The van der Waals surface area contributed by atoms with Gasteiger partial charge < -0.3 is 4.74 Å². The second-order valence-corrected chi connectivity index (χ2v) is 3.91. The smallest absolute Gasteiger partial charge is 0.196 e. The summed E-state index contributed by atoms with van der Waals surface area (Å²) in [6.07, 6.45) is 0. The maximum Gasteiger partial charge on any atom is 0.196 e. The molecular weight excluding hydrogens is 250 g/mol. The van der Waals surface area contributed by atoms with Crippen molar-refractivity contribution in [1.82, 2.24) is 0 Å². The Morgan fingerprint density at radius 2 is 1.95 bits per heavy atom. The average Bonchev–Trinajstić information content (AvgIpc) is 2.41. The van der Waals surface area contributed by atoms with Gasteiger partial charge in [-0.2, -0.15) is 0 Å². The lowest BCUT2D eigenvalue weighted by atomic mass is 10.0. The highest BCUT2D eigenvalue weighted by molar-refractivity contribution is 6.09. The van der Waals surface area contributed by atoms with Crippen LogP contribution in [-0.4, -0.2) is 12.4 Å². The summed E-state index contributed by atoms with van der Waals surface area (Å²) in [6, 6.07) is 9.19. The van der Waals surface area contributed by atoms with Crippen LogP contribution < -0.4 is 4.74 Å². The maximum absolute atomic E-state index is 13.5. The minimum Gasteiger partial charge on any atom is -0.494 e. The van der Waals surface area contributed by atoms with Gasteiger partial charge in [-0.25, -0.2) is 8.78 Å². The van der Waals surface area contributed by atoms with Gasteiger partial charge in [0.25, 0.3) is 0 Å². The summed E-state index contributed by atoms with van der Waals surface area (Å²) in [5.74, 6) is -1.44. The van der Waals surface area contributed by atoms with Gasteiger partial charge >= 0.3 is 0 Å². The van der Waals surface area contributed by atoms with Gasteiger partial charge in [0, 0.05) is 5.56 Å². The van der Waals surface area contributed by atoms with Gasteiger partial charge in [0.2, 0.25) is 0 Å². The van der Waals surface area contributed by atoms with Crippen LogP contribution in [0.4, 0.5) is 8.78 Å². The molecule has 0 aromatic heterocycles. The van der Waals surface area contributed by atoms with E-state index in [-0.39, 0.29) is 11.1 Å². The van der Waals surface area contributed by atoms with Crippen LogP contribution in [0.15, 0.2) is 42.5 Å². The van der Waals surface area contributed by atoms with Crippen LogP contribution in [-0.2, 0) is 0 Å². The molecule has 4 heteroatoms. The fourth-order valence-electron chi connectivity index (χ4n) is 1.72. The molecule has 0 aliphatic heterocycles. The van der Waals surface area contributed by atoms with E-state index in [2.05, 4.69) is 0 Å². The molecule has 0 saturated carbocycles. The minimum atomic E-state index is -0.742. The van der Waals surface area contributed by atoms with Crippen molar-refractivity contribution >= 4 is 5.78 Å². The number of ether oxygens (including phenoxy) is 1. The zero-order chi connectivity index (χ0) is 13.8. The predicted molar refractivity (Wildman–Crippen MR) is 67.4 cm³/mol. The standard InChI is InChI=1S/C15H12F2O2/c1-2-19-12-5-3-4-10(8-12)15(18)13-9-11(16)6-7-14(13)17/h3-9H,2H2,1H3. The first kappa shape index (κ1) is 13.2. The second-order valence-electron chi connectivity index (χ2n) is 3.91. The molecule has 0 unspecified atom stereocenters. The Hall–Kier alpha value is -2.23. The topological polar surface area (TPSA) is 26.3 Å². The molecule has 0 spiro atoms. The first-order chi connectivity index (χ1) is 9.11. The molecule has 0 aliphatic carbocycles. The van der Waals surface area contributed by atoms with E-state index < -0.39 is 17.4 Å². The fraction of sp³-hybridized carbons (Fsp3) is 0.133. The minimum absolute atomic E-state index is 0.260. The Balaban J connectivity index is 2.38. The van der Waals surface area contributed by atoms with Gasteiger partial charge in [-0.1, -0.05) is 12.1 Å². The molecule has 0 radical (unpaired) electrons. The molecule has 98 valence electrons. The van der Waals surface area contributed by atoms with E-state index in [4.69, 9.17) is 4.74 Å². The van der Waals surface area contributed by atoms with Gasteiger partial charge in [0.15, 0.2) is 5.78 Å². The monoisotopic (exact) mass is 262 g/mol. The third kappa shape index (κ3) is 2.96. The van der Waals surface area contributed by atoms with E-state index >= 15 is 0 Å². The van der Waals surface area contributed by atoms with Crippen LogP contribution in [0.5, 0.6) is 5.75 Å². The normalized spacial score (nSPS) is 10.3. The van der Waals surface area contributed by atoms with Crippen molar-refractivity contribution in [3.8, 4) is 5.75 Å². The highest BCUT2D eigenvalue weighted by Crippen LogP contribution is 2.19. The lowest BCUT2D eigenvalue weighted by Crippen LogP contribution is -2.05. The summed E-state index contributed by atoms with van der Waals surface area (Å²) in [4.78, 5) is 12.1. The number of hydrogen-bond acceptors (Lipinski definition) is 2. The number of carbonyl (C=O) groups excluding carboxylic acids is 1. The summed E-state index contributed by atoms with van der Waals surface area (Å²) in [5, 5.41) is 0. The average molecular weight is 262 g/mol. The highest BCUT2D eigenvalue weighted by Gasteiger charge is 2.15. The number of rotatable bonds is 4. The van der Waals surface area contributed by atoms with Crippen LogP contribution >= 0.6 is 0 Å². The molecule has 0 atom stereocenters. The molecular formula is C15H12F2O2. The van der Waals surface area contributed by atoms with Crippen LogP contribution in [0.2, 0.25) is 0 Å². The first-order valence-corrected chi connectivity index (χ1v) is 5.84. The third-order valence-electron chi connectivity index (χ3n) is 2.58. The molecule has 0 heterocycles. The molecule has 0 saturated heterocycles. The summed E-state index contributed by atoms with van der Waals surface area (Å²) in [7, 11) is 0. The van der Waals surface area contributed by atoms with Crippen molar-refractivity contribution in [3.63, 3.8) is 0 Å². The molecule has 2 nitrogen and oxygen atoms in total. The Labute approximate surface area is 109 Å². The number of ketones is 1. The molecule has 2 aromatic rings. The SMILES string of the molecule is CCOc1cccc(C(=O)c2cc(F)ccc2F)c1. The molecule has 19 heavy (non-hydrogen) atoms. The van der Waals surface area contributed by atoms with Gasteiger partial charge in [-0.15, -0.1) is 0 Å². The van der Waals surface area contributed by atoms with Crippen LogP contribution in [0.3, 0.4) is 0 Å². The largest absolute Gasteiger partial charge is 0.494 e. The summed E-state index contributed by atoms with van der Waals surface area (Å²) in [5.41, 5.74) is -0.0240. The molecule has 2 aromatic carbocycles. The van der Waals surface area contributed by atoms with Crippen LogP contribution in [0.25, 0.3) is 0 Å². The summed E-state index contributed by atoms with van der Waals surface area (Å²) < 4.78 is 31.9. The van der Waals surface area contributed by atoms with E-state index in [0.29, 0.717) is 12.4 Å². The Morgan fingerprint density at radius 1 is 1.16 bits per heavy atom. The van der Waals surface area contributed by atoms with Gasteiger partial charge in [-0.3, -0.25) is 4.79 Å². The zero-order valence-corrected chi connectivity index (χ0v) is 10.3. The van der Waals surface area contributed by atoms with Crippen LogP contribution in [0.1, 0.15) is 22.8 Å². The van der Waals surface area contributed by atoms with E-state index in [9.17, 15) is 13.6 Å². The lowest BCUT2D eigenvalue weighted by molar-refractivity contribution is 0.103. The summed E-state index contributed by atoms with van der Waals surface area (Å²) >= 11 is 0. The Morgan fingerprint density at radius 3 is 2.68 bits per heavy atom. The highest BCUT2D eigenvalue weighted by atomic mass is 19.1. The Kier molecular flexibility index (Phi) is 3.90. The maximum atomic E-state index is 13.5. The van der Waals surface area contributed by atoms with E-state index in [0.717, 1.165) is 18.2 Å². The van der Waals surface area contributed by atoms with Crippen molar-refractivity contribution in [3.05, 3.63) is 65.2 Å². The van der Waals surface area contributed by atoms with Gasteiger partial charge in [-0.05, 0) is 37.3 Å². The molecule has 0 amide bonds. The number of hydrogen-bond donors (Lipinski definition) is 0. The van der Waals surface area contributed by atoms with Crippen molar-refractivity contribution in [2.45, 2.75) is 6.92 Å². The third-order valence-corrected chi connectivity index (χ3v) is 2.58.